The molecule has 5 nitrogen and oxygen atoms in total. The van der Waals surface area contributed by atoms with E-state index >= 15 is 0 Å². The Hall–Kier alpha value is 0.400. The van der Waals surface area contributed by atoms with E-state index in [1.54, 1.807) is 0 Å². The van der Waals surface area contributed by atoms with Crippen LogP contribution in [0.25, 0.3) is 0 Å². The second kappa shape index (κ2) is 8.55. The molecule has 0 fully saturated rings. The molecular formula is C10H20O5S3. The number of hydrogen-bond donors (Lipinski definition) is 6. The van der Waals surface area contributed by atoms with Crippen molar-refractivity contribution in [3.8, 4) is 0 Å². The SMILES string of the molecule is O=C(CCCC(S)(S)S)OCC(CO)(CO)CO. The number of thiol groups is 3. The highest BCUT2D eigenvalue weighted by Crippen LogP contribution is 2.30. The van der Waals surface area contributed by atoms with Crippen molar-refractivity contribution in [2.45, 2.75) is 22.7 Å². The summed E-state index contributed by atoms with van der Waals surface area (Å²) < 4.78 is 4.17. The number of aliphatic hydroxyl groups is 3. The summed E-state index contributed by atoms with van der Waals surface area (Å²) in [6, 6.07) is 0. The fourth-order valence-corrected chi connectivity index (χ4v) is 1.54. The zero-order chi connectivity index (χ0) is 14.2. The van der Waals surface area contributed by atoms with E-state index in [4.69, 9.17) is 20.1 Å². The van der Waals surface area contributed by atoms with Crippen LogP contribution in [0.15, 0.2) is 0 Å². The number of hydrogen-bond acceptors (Lipinski definition) is 8. The van der Waals surface area contributed by atoms with Gasteiger partial charge in [0.25, 0.3) is 0 Å². The molecule has 0 bridgehead atoms. The highest BCUT2D eigenvalue weighted by Gasteiger charge is 2.30. The fraction of sp³-hybridized carbons (Fsp3) is 0.900. The molecule has 0 saturated carbocycles. The quantitative estimate of drug-likeness (QED) is 0.206. The zero-order valence-corrected chi connectivity index (χ0v) is 12.6. The summed E-state index contributed by atoms with van der Waals surface area (Å²) in [5.74, 6) is -0.464. The molecule has 0 radical (unpaired) electrons. The van der Waals surface area contributed by atoms with Crippen molar-refractivity contribution in [3.05, 3.63) is 0 Å². The average Bonchev–Trinajstić information content (AvgIpc) is 2.30. The van der Waals surface area contributed by atoms with Gasteiger partial charge in [0.15, 0.2) is 0 Å². The first-order chi connectivity index (χ1) is 8.28. The van der Waals surface area contributed by atoms with Gasteiger partial charge in [-0.2, -0.15) is 37.9 Å². The molecule has 0 spiro atoms. The van der Waals surface area contributed by atoms with E-state index in [9.17, 15) is 4.79 Å². The van der Waals surface area contributed by atoms with E-state index < -0.39 is 34.6 Å². The molecule has 0 atom stereocenters. The van der Waals surface area contributed by atoms with Gasteiger partial charge in [-0.3, -0.25) is 4.79 Å². The van der Waals surface area contributed by atoms with Crippen molar-refractivity contribution in [1.29, 1.82) is 0 Å². The van der Waals surface area contributed by atoms with Gasteiger partial charge in [-0.25, -0.2) is 0 Å². The lowest BCUT2D eigenvalue weighted by molar-refractivity contribution is -0.151. The van der Waals surface area contributed by atoms with Crippen molar-refractivity contribution < 1.29 is 24.9 Å². The van der Waals surface area contributed by atoms with Crippen molar-refractivity contribution >= 4 is 43.9 Å². The van der Waals surface area contributed by atoms with Crippen molar-refractivity contribution in [2.24, 2.45) is 5.41 Å². The summed E-state index contributed by atoms with van der Waals surface area (Å²) >= 11 is 12.2. The Morgan fingerprint density at radius 1 is 1.06 bits per heavy atom. The van der Waals surface area contributed by atoms with Crippen LogP contribution in [0.4, 0.5) is 0 Å². The van der Waals surface area contributed by atoms with Crippen LogP contribution in [0.3, 0.4) is 0 Å². The second-order valence-electron chi connectivity index (χ2n) is 4.26. The topological polar surface area (TPSA) is 87.0 Å². The molecule has 0 aliphatic heterocycles. The van der Waals surface area contributed by atoms with Gasteiger partial charge in [0.1, 0.15) is 6.61 Å². The summed E-state index contributed by atoms with van der Waals surface area (Å²) in [6.45, 7) is -1.59. The minimum Gasteiger partial charge on any atom is -0.465 e. The predicted octanol–water partition coefficient (Wildman–Crippen LogP) is 0.106. The Labute approximate surface area is 123 Å². The Morgan fingerprint density at radius 2 is 1.56 bits per heavy atom. The molecule has 0 aliphatic rings. The molecule has 0 rings (SSSR count). The summed E-state index contributed by atoms with van der Waals surface area (Å²) in [4.78, 5) is 11.4. The van der Waals surface area contributed by atoms with Gasteiger partial charge < -0.3 is 20.1 Å². The van der Waals surface area contributed by atoms with Gasteiger partial charge in [0.05, 0.1) is 28.6 Å². The molecule has 108 valence electrons. The van der Waals surface area contributed by atoms with Crippen molar-refractivity contribution in [1.82, 2.24) is 0 Å². The van der Waals surface area contributed by atoms with E-state index in [0.717, 1.165) is 0 Å². The van der Waals surface area contributed by atoms with Gasteiger partial charge in [-0.1, -0.05) is 0 Å². The maximum atomic E-state index is 11.4. The number of carbonyl (C=O) groups is 1. The third-order valence-corrected chi connectivity index (χ3v) is 3.11. The lowest BCUT2D eigenvalue weighted by Crippen LogP contribution is -2.39. The second-order valence-corrected chi connectivity index (χ2v) is 7.61. The van der Waals surface area contributed by atoms with Gasteiger partial charge in [-0.15, -0.1) is 0 Å². The Morgan fingerprint density at radius 3 is 1.94 bits per heavy atom. The van der Waals surface area contributed by atoms with Crippen LogP contribution >= 0.6 is 37.9 Å². The molecule has 0 heterocycles. The maximum absolute atomic E-state index is 11.4. The first kappa shape index (κ1) is 18.4. The molecule has 3 N–H and O–H groups in total. The molecule has 8 heteroatoms. The van der Waals surface area contributed by atoms with E-state index in [0.29, 0.717) is 12.8 Å². The zero-order valence-electron chi connectivity index (χ0n) is 9.95. The van der Waals surface area contributed by atoms with Crippen molar-refractivity contribution in [2.75, 3.05) is 26.4 Å². The van der Waals surface area contributed by atoms with Crippen LogP contribution in [-0.4, -0.2) is 51.1 Å². The number of aliphatic hydroxyl groups excluding tert-OH is 3. The van der Waals surface area contributed by atoms with Crippen LogP contribution in [-0.2, 0) is 9.53 Å². The Kier molecular flexibility index (Phi) is 8.74. The van der Waals surface area contributed by atoms with Crippen molar-refractivity contribution in [3.63, 3.8) is 0 Å². The summed E-state index contributed by atoms with van der Waals surface area (Å²) in [6.07, 6.45) is 1.20. The highest BCUT2D eigenvalue weighted by molar-refractivity contribution is 8.16. The van der Waals surface area contributed by atoms with Gasteiger partial charge in [0, 0.05) is 6.42 Å². The molecule has 0 aromatic heterocycles. The van der Waals surface area contributed by atoms with E-state index in [2.05, 4.69) is 37.9 Å². The molecule has 0 aromatic carbocycles. The number of esters is 1. The lowest BCUT2D eigenvalue weighted by atomic mass is 9.93. The Balaban J connectivity index is 3.96. The molecule has 0 saturated heterocycles. The average molecular weight is 316 g/mol. The Bertz CT molecular complexity index is 242. The minimum atomic E-state index is -1.18. The predicted molar refractivity (Wildman–Crippen MR) is 78.2 cm³/mol. The number of rotatable bonds is 9. The number of ether oxygens (including phenoxy) is 1. The maximum Gasteiger partial charge on any atom is 0.305 e. The van der Waals surface area contributed by atoms with Gasteiger partial charge in [-0.05, 0) is 12.8 Å². The standard InChI is InChI=1S/C10H20O5S3/c11-4-9(5-12,6-13)7-15-8(14)2-1-3-10(16,17)18/h11-13,16-18H,1-7H2. The van der Waals surface area contributed by atoms with Gasteiger partial charge in [0.2, 0.25) is 0 Å². The van der Waals surface area contributed by atoms with E-state index in [1.807, 2.05) is 0 Å². The fourth-order valence-electron chi connectivity index (χ4n) is 1.06. The largest absolute Gasteiger partial charge is 0.465 e. The van der Waals surface area contributed by atoms with Crippen LogP contribution < -0.4 is 0 Å². The summed E-state index contributed by atoms with van der Waals surface area (Å²) in [5, 5.41) is 27.1. The van der Waals surface area contributed by atoms with Crippen LogP contribution in [0.1, 0.15) is 19.3 Å². The van der Waals surface area contributed by atoms with Crippen LogP contribution in [0, 0.1) is 5.41 Å². The molecule has 0 amide bonds. The molecule has 0 aromatic rings. The first-order valence-electron chi connectivity index (χ1n) is 5.44. The number of carbonyl (C=O) groups excluding carboxylic acids is 1. The molecule has 18 heavy (non-hydrogen) atoms. The summed E-state index contributed by atoms with van der Waals surface area (Å²) in [5.41, 5.74) is -1.18. The summed E-state index contributed by atoms with van der Waals surface area (Å²) in [7, 11) is 0. The lowest BCUT2D eigenvalue weighted by Gasteiger charge is -2.26. The normalized spacial score (nSPS) is 12.6. The molecule has 0 unspecified atom stereocenters. The first-order valence-corrected chi connectivity index (χ1v) is 6.78. The minimum absolute atomic E-state index is 0.168. The smallest absolute Gasteiger partial charge is 0.305 e. The third kappa shape index (κ3) is 7.75. The highest BCUT2D eigenvalue weighted by atomic mass is 32.2. The molecular weight excluding hydrogens is 296 g/mol. The van der Waals surface area contributed by atoms with Crippen LogP contribution in [0.2, 0.25) is 0 Å². The van der Waals surface area contributed by atoms with Gasteiger partial charge >= 0.3 is 5.97 Å². The molecule has 0 aliphatic carbocycles. The monoisotopic (exact) mass is 316 g/mol. The van der Waals surface area contributed by atoms with Crippen LogP contribution in [0.5, 0.6) is 0 Å². The van der Waals surface area contributed by atoms with E-state index in [-0.39, 0.29) is 13.0 Å². The van der Waals surface area contributed by atoms with E-state index in [1.165, 1.54) is 0 Å². The third-order valence-electron chi connectivity index (χ3n) is 2.44.